The molecule has 0 aromatic heterocycles. The highest BCUT2D eigenvalue weighted by molar-refractivity contribution is 5.90. The number of ether oxygens (including phenoxy) is 2. The SMILES string of the molecule is CCC(CN)CC(=O)Nc1ccc(OCC(=O)OC)cc1. The molecule has 3 N–H and O–H groups in total. The van der Waals surface area contributed by atoms with Crippen molar-refractivity contribution in [2.24, 2.45) is 11.7 Å². The molecule has 0 saturated carbocycles. The Kier molecular flexibility index (Phi) is 7.25. The summed E-state index contributed by atoms with van der Waals surface area (Å²) in [6.45, 7) is 2.37. The van der Waals surface area contributed by atoms with E-state index >= 15 is 0 Å². The highest BCUT2D eigenvalue weighted by Gasteiger charge is 2.10. The quantitative estimate of drug-likeness (QED) is 0.710. The second-order valence-corrected chi connectivity index (χ2v) is 4.65. The van der Waals surface area contributed by atoms with Crippen LogP contribution in [0.4, 0.5) is 5.69 Å². The van der Waals surface area contributed by atoms with E-state index in [9.17, 15) is 9.59 Å². The second-order valence-electron chi connectivity index (χ2n) is 4.65. The molecule has 6 nitrogen and oxygen atoms in total. The van der Waals surface area contributed by atoms with E-state index in [0.29, 0.717) is 24.4 Å². The summed E-state index contributed by atoms with van der Waals surface area (Å²) in [5.41, 5.74) is 6.26. The molecule has 0 aliphatic heterocycles. The topological polar surface area (TPSA) is 90.7 Å². The first-order chi connectivity index (χ1) is 10.1. The fourth-order valence-corrected chi connectivity index (χ4v) is 1.70. The molecule has 0 saturated heterocycles. The van der Waals surface area contributed by atoms with Crippen LogP contribution in [0, 0.1) is 5.92 Å². The number of carbonyl (C=O) groups is 2. The summed E-state index contributed by atoms with van der Waals surface area (Å²) >= 11 is 0. The average Bonchev–Trinajstić information content (AvgIpc) is 2.51. The van der Waals surface area contributed by atoms with Crippen LogP contribution in [0.25, 0.3) is 0 Å². The molecule has 116 valence electrons. The summed E-state index contributed by atoms with van der Waals surface area (Å²) in [5.74, 6) is 0.231. The summed E-state index contributed by atoms with van der Waals surface area (Å²) < 4.78 is 9.69. The minimum absolute atomic E-state index is 0.0597. The summed E-state index contributed by atoms with van der Waals surface area (Å²) in [7, 11) is 1.30. The molecule has 0 aliphatic carbocycles. The van der Waals surface area contributed by atoms with Gasteiger partial charge in [0.25, 0.3) is 0 Å². The first-order valence-electron chi connectivity index (χ1n) is 6.88. The van der Waals surface area contributed by atoms with Crippen LogP contribution in [0.1, 0.15) is 19.8 Å². The fourth-order valence-electron chi connectivity index (χ4n) is 1.70. The van der Waals surface area contributed by atoms with Gasteiger partial charge in [0.2, 0.25) is 5.91 Å². The lowest BCUT2D eigenvalue weighted by atomic mass is 10.0. The number of nitrogens with one attached hydrogen (secondary N) is 1. The van der Waals surface area contributed by atoms with Crippen molar-refractivity contribution in [3.05, 3.63) is 24.3 Å². The van der Waals surface area contributed by atoms with Gasteiger partial charge in [-0.25, -0.2) is 4.79 Å². The summed E-state index contributed by atoms with van der Waals surface area (Å²) in [6, 6.07) is 6.79. The molecule has 1 aromatic rings. The molecule has 1 rings (SSSR count). The van der Waals surface area contributed by atoms with Gasteiger partial charge >= 0.3 is 5.97 Å². The monoisotopic (exact) mass is 294 g/mol. The zero-order valence-electron chi connectivity index (χ0n) is 12.4. The molecule has 0 aliphatic rings. The molecule has 0 heterocycles. The Morgan fingerprint density at radius 2 is 1.95 bits per heavy atom. The van der Waals surface area contributed by atoms with E-state index in [0.717, 1.165) is 6.42 Å². The van der Waals surface area contributed by atoms with E-state index in [4.69, 9.17) is 10.5 Å². The van der Waals surface area contributed by atoms with Crippen molar-refractivity contribution in [1.29, 1.82) is 0 Å². The number of hydrogen-bond donors (Lipinski definition) is 2. The molecular formula is C15H22N2O4. The van der Waals surface area contributed by atoms with Crippen molar-refractivity contribution in [3.8, 4) is 5.75 Å². The molecule has 0 spiro atoms. The third-order valence-electron chi connectivity index (χ3n) is 3.11. The lowest BCUT2D eigenvalue weighted by Gasteiger charge is -2.12. The largest absolute Gasteiger partial charge is 0.482 e. The standard InChI is InChI=1S/C15H22N2O4/c1-3-11(9-16)8-14(18)17-12-4-6-13(7-5-12)21-10-15(19)20-2/h4-7,11H,3,8-10,16H2,1-2H3,(H,17,18). The van der Waals surface area contributed by atoms with E-state index in [1.807, 2.05) is 6.92 Å². The Hall–Kier alpha value is -2.08. The molecule has 0 fully saturated rings. The Bertz CT molecular complexity index is 455. The van der Waals surface area contributed by atoms with Gasteiger partial charge in [-0.1, -0.05) is 13.3 Å². The van der Waals surface area contributed by atoms with Crippen molar-refractivity contribution in [2.45, 2.75) is 19.8 Å². The van der Waals surface area contributed by atoms with Gasteiger partial charge in [0.1, 0.15) is 5.75 Å². The van der Waals surface area contributed by atoms with Crippen LogP contribution in [0.15, 0.2) is 24.3 Å². The van der Waals surface area contributed by atoms with Crippen LogP contribution in [0.2, 0.25) is 0 Å². The Morgan fingerprint density at radius 3 is 2.48 bits per heavy atom. The third kappa shape index (κ3) is 6.27. The maximum absolute atomic E-state index is 11.8. The van der Waals surface area contributed by atoms with Gasteiger partial charge in [0, 0.05) is 12.1 Å². The van der Waals surface area contributed by atoms with E-state index in [1.54, 1.807) is 24.3 Å². The molecule has 1 aromatic carbocycles. The molecule has 1 atom stereocenters. The Balaban J connectivity index is 2.46. The third-order valence-corrected chi connectivity index (χ3v) is 3.11. The number of carbonyl (C=O) groups excluding carboxylic acids is 2. The van der Waals surface area contributed by atoms with Crippen molar-refractivity contribution in [2.75, 3.05) is 25.6 Å². The fraction of sp³-hybridized carbons (Fsp3) is 0.467. The molecular weight excluding hydrogens is 272 g/mol. The van der Waals surface area contributed by atoms with Gasteiger partial charge in [-0.05, 0) is 36.7 Å². The Labute approximate surface area is 124 Å². The zero-order chi connectivity index (χ0) is 15.7. The average molecular weight is 294 g/mol. The van der Waals surface area contributed by atoms with Gasteiger partial charge < -0.3 is 20.5 Å². The number of rotatable bonds is 8. The lowest BCUT2D eigenvalue weighted by Crippen LogP contribution is -2.21. The van der Waals surface area contributed by atoms with E-state index in [2.05, 4.69) is 10.1 Å². The smallest absolute Gasteiger partial charge is 0.343 e. The minimum atomic E-state index is -0.445. The summed E-state index contributed by atoms with van der Waals surface area (Å²) in [6.07, 6.45) is 1.29. The highest BCUT2D eigenvalue weighted by Crippen LogP contribution is 2.16. The van der Waals surface area contributed by atoms with E-state index in [1.165, 1.54) is 7.11 Å². The number of anilines is 1. The predicted molar refractivity (Wildman–Crippen MR) is 80.0 cm³/mol. The Morgan fingerprint density at radius 1 is 1.29 bits per heavy atom. The molecule has 6 heteroatoms. The van der Waals surface area contributed by atoms with Crippen LogP contribution in [-0.2, 0) is 14.3 Å². The van der Waals surface area contributed by atoms with Crippen molar-refractivity contribution in [3.63, 3.8) is 0 Å². The van der Waals surface area contributed by atoms with E-state index < -0.39 is 5.97 Å². The van der Waals surface area contributed by atoms with Crippen molar-refractivity contribution >= 4 is 17.6 Å². The maximum Gasteiger partial charge on any atom is 0.343 e. The van der Waals surface area contributed by atoms with Crippen LogP contribution < -0.4 is 15.8 Å². The van der Waals surface area contributed by atoms with Gasteiger partial charge in [-0.2, -0.15) is 0 Å². The molecule has 0 bridgehead atoms. The molecule has 21 heavy (non-hydrogen) atoms. The van der Waals surface area contributed by atoms with Gasteiger partial charge in [-0.15, -0.1) is 0 Å². The molecule has 0 radical (unpaired) electrons. The first kappa shape index (κ1) is 17.0. The molecule has 1 amide bonds. The summed E-state index contributed by atoms with van der Waals surface area (Å²) in [5, 5.41) is 2.80. The minimum Gasteiger partial charge on any atom is -0.482 e. The number of methoxy groups -OCH3 is 1. The van der Waals surface area contributed by atoms with Crippen LogP contribution >= 0.6 is 0 Å². The van der Waals surface area contributed by atoms with Gasteiger partial charge in [0.05, 0.1) is 7.11 Å². The number of benzene rings is 1. The van der Waals surface area contributed by atoms with Gasteiger partial charge in [-0.3, -0.25) is 4.79 Å². The normalized spacial score (nSPS) is 11.6. The van der Waals surface area contributed by atoms with E-state index in [-0.39, 0.29) is 18.4 Å². The van der Waals surface area contributed by atoms with Crippen molar-refractivity contribution in [1.82, 2.24) is 0 Å². The molecule has 1 unspecified atom stereocenters. The number of esters is 1. The van der Waals surface area contributed by atoms with Crippen LogP contribution in [0.5, 0.6) is 5.75 Å². The number of hydrogen-bond acceptors (Lipinski definition) is 5. The highest BCUT2D eigenvalue weighted by atomic mass is 16.6. The predicted octanol–water partition coefficient (Wildman–Crippen LogP) is 1.55. The first-order valence-corrected chi connectivity index (χ1v) is 6.88. The lowest BCUT2D eigenvalue weighted by molar-refractivity contribution is -0.142. The van der Waals surface area contributed by atoms with Crippen LogP contribution in [0.3, 0.4) is 0 Å². The van der Waals surface area contributed by atoms with Crippen molar-refractivity contribution < 1.29 is 19.1 Å². The number of nitrogens with two attached hydrogens (primary N) is 1. The van der Waals surface area contributed by atoms with Crippen LogP contribution in [-0.4, -0.2) is 32.1 Å². The second kappa shape index (κ2) is 8.97. The maximum atomic E-state index is 11.8. The zero-order valence-corrected chi connectivity index (χ0v) is 12.4. The number of amides is 1. The van der Waals surface area contributed by atoms with Gasteiger partial charge in [0.15, 0.2) is 6.61 Å². The summed E-state index contributed by atoms with van der Waals surface area (Å²) in [4.78, 5) is 22.8.